The summed E-state index contributed by atoms with van der Waals surface area (Å²) in [6.07, 6.45) is 3.47. The third kappa shape index (κ3) is 2.93. The number of nitrogens with zero attached hydrogens (tertiary/aromatic N) is 4. The van der Waals surface area contributed by atoms with Crippen LogP contribution in [0.1, 0.15) is 37.1 Å². The summed E-state index contributed by atoms with van der Waals surface area (Å²) in [5, 5.41) is 4.19. The lowest BCUT2D eigenvalue weighted by Crippen LogP contribution is -2.34. The first-order valence-electron chi connectivity index (χ1n) is 7.15. The molecule has 1 unspecified atom stereocenters. The summed E-state index contributed by atoms with van der Waals surface area (Å²) >= 11 is 0. The fraction of sp³-hybridized carbons (Fsp3) is 0.571. The van der Waals surface area contributed by atoms with E-state index in [4.69, 9.17) is 0 Å². The summed E-state index contributed by atoms with van der Waals surface area (Å²) in [7, 11) is -0.0846. The van der Waals surface area contributed by atoms with Crippen molar-refractivity contribution in [2.75, 3.05) is 0 Å². The summed E-state index contributed by atoms with van der Waals surface area (Å²) < 4.78 is 31.8. The SMILES string of the molecule is Cc1nn(C)c(C)c1S(=O)(=O)NC(c1nccn1C)C(C)C. The van der Waals surface area contributed by atoms with Crippen molar-refractivity contribution < 1.29 is 8.42 Å². The molecule has 0 aliphatic carbocycles. The van der Waals surface area contributed by atoms with Crippen molar-refractivity contribution in [1.29, 1.82) is 0 Å². The molecule has 1 atom stereocenters. The molecule has 0 bridgehead atoms. The average molecular weight is 325 g/mol. The maximum atomic E-state index is 12.8. The summed E-state index contributed by atoms with van der Waals surface area (Å²) in [5.41, 5.74) is 1.11. The van der Waals surface area contributed by atoms with Gasteiger partial charge in [-0.1, -0.05) is 13.8 Å². The van der Waals surface area contributed by atoms with Gasteiger partial charge in [-0.2, -0.15) is 5.10 Å². The molecule has 7 nitrogen and oxygen atoms in total. The van der Waals surface area contributed by atoms with Crippen molar-refractivity contribution >= 4 is 10.0 Å². The van der Waals surface area contributed by atoms with Crippen molar-refractivity contribution in [3.05, 3.63) is 29.6 Å². The number of sulfonamides is 1. The van der Waals surface area contributed by atoms with E-state index in [-0.39, 0.29) is 10.8 Å². The van der Waals surface area contributed by atoms with Crippen LogP contribution in [0.4, 0.5) is 0 Å². The molecule has 1 N–H and O–H groups in total. The molecule has 0 radical (unpaired) electrons. The number of aryl methyl sites for hydroxylation is 3. The molecule has 2 aromatic rings. The Hall–Kier alpha value is -1.67. The Morgan fingerprint density at radius 1 is 1.23 bits per heavy atom. The molecule has 2 heterocycles. The van der Waals surface area contributed by atoms with Crippen molar-refractivity contribution in [2.45, 2.75) is 38.6 Å². The number of hydrogen-bond acceptors (Lipinski definition) is 4. The van der Waals surface area contributed by atoms with Crippen LogP contribution in [-0.4, -0.2) is 27.7 Å². The molecule has 8 heteroatoms. The zero-order chi connectivity index (χ0) is 16.7. The summed E-state index contributed by atoms with van der Waals surface area (Å²) in [5.74, 6) is 0.755. The Morgan fingerprint density at radius 3 is 2.27 bits per heavy atom. The van der Waals surface area contributed by atoms with Gasteiger partial charge in [0.1, 0.15) is 10.7 Å². The maximum Gasteiger partial charge on any atom is 0.244 e. The first-order chi connectivity index (χ1) is 10.1. The third-order valence-electron chi connectivity index (χ3n) is 3.80. The van der Waals surface area contributed by atoms with Gasteiger partial charge in [0.05, 0.1) is 17.4 Å². The summed E-state index contributed by atoms with van der Waals surface area (Å²) in [4.78, 5) is 4.53. The molecule has 0 aromatic carbocycles. The topological polar surface area (TPSA) is 81.8 Å². The van der Waals surface area contributed by atoms with Crippen LogP contribution >= 0.6 is 0 Å². The minimum atomic E-state index is -3.67. The van der Waals surface area contributed by atoms with Gasteiger partial charge < -0.3 is 4.57 Å². The molecule has 0 aliphatic rings. The van der Waals surface area contributed by atoms with Gasteiger partial charge in [0.25, 0.3) is 0 Å². The molecule has 0 amide bonds. The van der Waals surface area contributed by atoms with Crippen LogP contribution in [-0.2, 0) is 24.1 Å². The van der Waals surface area contributed by atoms with Gasteiger partial charge in [0.2, 0.25) is 10.0 Å². The minimum absolute atomic E-state index is 0.0631. The van der Waals surface area contributed by atoms with Crippen LogP contribution in [0.5, 0.6) is 0 Å². The first-order valence-corrected chi connectivity index (χ1v) is 8.63. The number of hydrogen-bond donors (Lipinski definition) is 1. The highest BCUT2D eigenvalue weighted by atomic mass is 32.2. The van der Waals surface area contributed by atoms with Gasteiger partial charge >= 0.3 is 0 Å². The highest BCUT2D eigenvalue weighted by Gasteiger charge is 2.30. The average Bonchev–Trinajstić information content (AvgIpc) is 2.91. The van der Waals surface area contributed by atoms with E-state index in [1.165, 1.54) is 0 Å². The Labute approximate surface area is 131 Å². The van der Waals surface area contributed by atoms with E-state index in [1.807, 2.05) is 25.5 Å². The van der Waals surface area contributed by atoms with Gasteiger partial charge in [-0.05, 0) is 19.8 Å². The van der Waals surface area contributed by atoms with Gasteiger partial charge in [0.15, 0.2) is 0 Å². The smallest absolute Gasteiger partial charge is 0.244 e. The number of nitrogens with one attached hydrogen (secondary N) is 1. The van der Waals surface area contributed by atoms with E-state index in [9.17, 15) is 8.42 Å². The molecular formula is C14H23N5O2S. The molecule has 122 valence electrons. The van der Waals surface area contributed by atoms with Gasteiger partial charge in [-0.3, -0.25) is 4.68 Å². The zero-order valence-electron chi connectivity index (χ0n) is 13.8. The summed E-state index contributed by atoms with van der Waals surface area (Å²) in [6, 6.07) is -0.399. The second-order valence-electron chi connectivity index (χ2n) is 5.86. The Bertz CT molecular complexity index is 773. The van der Waals surface area contributed by atoms with Crippen molar-refractivity contribution in [3.8, 4) is 0 Å². The standard InChI is InChI=1S/C14H23N5O2S/c1-9(2)12(14-15-7-8-18(14)5)17-22(20,21)13-10(3)16-19(6)11(13)4/h7-9,12,17H,1-6H3. The first kappa shape index (κ1) is 16.7. The quantitative estimate of drug-likeness (QED) is 0.902. The van der Waals surface area contributed by atoms with E-state index in [2.05, 4.69) is 14.8 Å². The Morgan fingerprint density at radius 2 is 1.86 bits per heavy atom. The number of imidazole rings is 1. The van der Waals surface area contributed by atoms with E-state index in [0.29, 0.717) is 17.2 Å². The molecule has 0 spiro atoms. The van der Waals surface area contributed by atoms with Crippen molar-refractivity contribution in [3.63, 3.8) is 0 Å². The van der Waals surface area contributed by atoms with Crippen LogP contribution in [0.15, 0.2) is 17.3 Å². The van der Waals surface area contributed by atoms with E-state index in [1.54, 1.807) is 38.0 Å². The minimum Gasteiger partial charge on any atom is -0.337 e. The molecule has 0 aliphatic heterocycles. The van der Waals surface area contributed by atoms with Crippen molar-refractivity contribution in [1.82, 2.24) is 24.1 Å². The molecule has 22 heavy (non-hydrogen) atoms. The van der Waals surface area contributed by atoms with Crippen LogP contribution in [0, 0.1) is 19.8 Å². The number of aromatic nitrogens is 4. The van der Waals surface area contributed by atoms with Crippen molar-refractivity contribution in [2.24, 2.45) is 20.0 Å². The Kier molecular flexibility index (Phi) is 4.44. The van der Waals surface area contributed by atoms with Crippen LogP contribution in [0.3, 0.4) is 0 Å². The fourth-order valence-corrected chi connectivity index (χ4v) is 4.31. The van der Waals surface area contributed by atoms with Crippen LogP contribution < -0.4 is 4.72 Å². The zero-order valence-corrected chi connectivity index (χ0v) is 14.6. The molecule has 0 saturated carbocycles. The second-order valence-corrected chi connectivity index (χ2v) is 7.51. The second kappa shape index (κ2) is 5.85. The fourth-order valence-electron chi connectivity index (χ4n) is 2.53. The van der Waals surface area contributed by atoms with Crippen LogP contribution in [0.2, 0.25) is 0 Å². The number of rotatable bonds is 5. The largest absolute Gasteiger partial charge is 0.337 e. The molecule has 0 saturated heterocycles. The van der Waals surface area contributed by atoms with Crippen LogP contribution in [0.25, 0.3) is 0 Å². The predicted molar refractivity (Wildman–Crippen MR) is 83.8 cm³/mol. The lowest BCUT2D eigenvalue weighted by atomic mass is 10.1. The molecule has 2 rings (SSSR count). The Balaban J connectivity index is 2.44. The molecular weight excluding hydrogens is 302 g/mol. The van der Waals surface area contributed by atoms with E-state index >= 15 is 0 Å². The van der Waals surface area contributed by atoms with Gasteiger partial charge in [0, 0.05) is 26.5 Å². The van der Waals surface area contributed by atoms with Gasteiger partial charge in [-0.25, -0.2) is 18.1 Å². The molecule has 2 aromatic heterocycles. The van der Waals surface area contributed by atoms with E-state index in [0.717, 1.165) is 0 Å². The lowest BCUT2D eigenvalue weighted by molar-refractivity contribution is 0.434. The maximum absolute atomic E-state index is 12.8. The lowest BCUT2D eigenvalue weighted by Gasteiger charge is -2.22. The van der Waals surface area contributed by atoms with E-state index < -0.39 is 16.1 Å². The van der Waals surface area contributed by atoms with Gasteiger partial charge in [-0.15, -0.1) is 0 Å². The monoisotopic (exact) mass is 325 g/mol. The molecule has 0 fully saturated rings. The highest BCUT2D eigenvalue weighted by Crippen LogP contribution is 2.25. The summed E-state index contributed by atoms with van der Waals surface area (Å²) in [6.45, 7) is 7.38. The highest BCUT2D eigenvalue weighted by molar-refractivity contribution is 7.89. The normalized spacial score (nSPS) is 13.8. The third-order valence-corrected chi connectivity index (χ3v) is 5.49. The predicted octanol–water partition coefficient (Wildman–Crippen LogP) is 1.45.